The molecule has 3 rings (SSSR count). The van der Waals surface area contributed by atoms with E-state index in [0.29, 0.717) is 11.1 Å². The molecule has 6 heteroatoms. The maximum atomic E-state index is 6.23. The lowest BCUT2D eigenvalue weighted by atomic mass is 10.0. The highest BCUT2D eigenvalue weighted by Gasteiger charge is 2.14. The highest BCUT2D eigenvalue weighted by Crippen LogP contribution is 2.34. The third-order valence-electron chi connectivity index (χ3n) is 3.06. The number of nitrogens with zero attached hydrogens (tertiary/aromatic N) is 1. The van der Waals surface area contributed by atoms with Crippen molar-refractivity contribution in [2.45, 2.75) is 12.5 Å². The second-order valence-electron chi connectivity index (χ2n) is 4.60. The zero-order valence-corrected chi connectivity index (χ0v) is 14.9. The van der Waals surface area contributed by atoms with E-state index < -0.39 is 0 Å². The largest absolute Gasteiger partial charge is 0.446 e. The molecular weight excluding hydrogens is 416 g/mol. The van der Waals surface area contributed by atoms with Crippen LogP contribution in [0.2, 0.25) is 0 Å². The summed E-state index contributed by atoms with van der Waals surface area (Å²) in [7, 11) is 0. The Bertz CT molecular complexity index is 720. The van der Waals surface area contributed by atoms with Gasteiger partial charge in [-0.25, -0.2) is 4.98 Å². The number of hydrogen-bond donors (Lipinski definition) is 1. The molecule has 0 fully saturated rings. The molecule has 1 unspecified atom stereocenters. The molecule has 3 nitrogen and oxygen atoms in total. The Hall–Kier alpha value is -0.950. The Kier molecular flexibility index (Phi) is 4.59. The summed E-state index contributed by atoms with van der Waals surface area (Å²) in [4.78, 5) is 4.60. The zero-order chi connectivity index (χ0) is 14.8. The predicted molar refractivity (Wildman–Crippen MR) is 92.3 cm³/mol. The average molecular weight is 428 g/mol. The van der Waals surface area contributed by atoms with Gasteiger partial charge in [-0.1, -0.05) is 30.3 Å². The molecule has 0 saturated carbocycles. The van der Waals surface area contributed by atoms with Crippen LogP contribution in [0, 0.1) is 0 Å². The molecule has 0 saturated heterocycles. The van der Waals surface area contributed by atoms with Gasteiger partial charge >= 0.3 is 0 Å². The minimum Gasteiger partial charge on any atom is -0.446 e. The minimum absolute atomic E-state index is 0.0452. The standard InChI is InChI=1S/C15H12Br2N2OS/c16-11-7-13(20-14(11)17)15-19-10(8-21-15)6-12(18)9-4-2-1-3-5-9/h1-5,7-8,12H,6,18H2. The molecule has 0 bridgehead atoms. The molecule has 1 aromatic carbocycles. The second-order valence-corrected chi connectivity index (χ2v) is 7.03. The lowest BCUT2D eigenvalue weighted by molar-refractivity contribution is 0.553. The van der Waals surface area contributed by atoms with Crippen LogP contribution in [0.1, 0.15) is 17.3 Å². The first kappa shape index (κ1) is 15.0. The summed E-state index contributed by atoms with van der Waals surface area (Å²) < 4.78 is 7.15. The van der Waals surface area contributed by atoms with Gasteiger partial charge in [0.2, 0.25) is 0 Å². The lowest BCUT2D eigenvalue weighted by Crippen LogP contribution is -2.13. The van der Waals surface area contributed by atoms with Gasteiger partial charge in [0, 0.05) is 23.9 Å². The highest BCUT2D eigenvalue weighted by atomic mass is 79.9. The molecule has 108 valence electrons. The quantitative estimate of drug-likeness (QED) is 0.624. The molecule has 0 radical (unpaired) electrons. The van der Waals surface area contributed by atoms with E-state index in [2.05, 4.69) is 36.8 Å². The Morgan fingerprint density at radius 2 is 2.00 bits per heavy atom. The topological polar surface area (TPSA) is 52.0 Å². The summed E-state index contributed by atoms with van der Waals surface area (Å²) in [5, 5.41) is 2.89. The van der Waals surface area contributed by atoms with Gasteiger partial charge in [-0.3, -0.25) is 0 Å². The molecule has 0 aliphatic rings. The van der Waals surface area contributed by atoms with Crippen LogP contribution >= 0.6 is 43.2 Å². The van der Waals surface area contributed by atoms with E-state index in [0.717, 1.165) is 26.5 Å². The number of benzene rings is 1. The van der Waals surface area contributed by atoms with E-state index in [4.69, 9.17) is 10.2 Å². The van der Waals surface area contributed by atoms with Gasteiger partial charge in [0.15, 0.2) is 15.4 Å². The van der Waals surface area contributed by atoms with E-state index >= 15 is 0 Å². The smallest absolute Gasteiger partial charge is 0.184 e. The average Bonchev–Trinajstić information content (AvgIpc) is 3.07. The first-order valence-corrected chi connectivity index (χ1v) is 8.80. The van der Waals surface area contributed by atoms with Gasteiger partial charge in [-0.15, -0.1) is 11.3 Å². The van der Waals surface area contributed by atoms with Crippen molar-refractivity contribution in [3.8, 4) is 10.8 Å². The van der Waals surface area contributed by atoms with Crippen molar-refractivity contribution in [1.29, 1.82) is 0 Å². The van der Waals surface area contributed by atoms with E-state index in [1.807, 2.05) is 41.8 Å². The number of furan rings is 1. The molecule has 0 amide bonds. The van der Waals surface area contributed by atoms with Crippen LogP contribution in [0.5, 0.6) is 0 Å². The molecule has 0 aliphatic heterocycles. The van der Waals surface area contributed by atoms with Crippen molar-refractivity contribution in [2.75, 3.05) is 0 Å². The van der Waals surface area contributed by atoms with Crippen molar-refractivity contribution >= 4 is 43.2 Å². The van der Waals surface area contributed by atoms with Crippen molar-refractivity contribution in [2.24, 2.45) is 5.73 Å². The van der Waals surface area contributed by atoms with Crippen LogP contribution in [0.25, 0.3) is 10.8 Å². The normalized spacial score (nSPS) is 12.5. The van der Waals surface area contributed by atoms with Crippen LogP contribution in [0.4, 0.5) is 0 Å². The molecule has 21 heavy (non-hydrogen) atoms. The van der Waals surface area contributed by atoms with Crippen LogP contribution in [0.15, 0.2) is 55.3 Å². The molecule has 2 heterocycles. The molecule has 0 spiro atoms. The van der Waals surface area contributed by atoms with Crippen LogP contribution < -0.4 is 5.73 Å². The maximum Gasteiger partial charge on any atom is 0.184 e. The van der Waals surface area contributed by atoms with Crippen molar-refractivity contribution in [3.63, 3.8) is 0 Å². The summed E-state index contributed by atoms with van der Waals surface area (Å²) in [6.45, 7) is 0. The van der Waals surface area contributed by atoms with Gasteiger partial charge in [0.1, 0.15) is 0 Å². The number of aromatic nitrogens is 1. The van der Waals surface area contributed by atoms with E-state index in [1.165, 1.54) is 0 Å². The first-order valence-electron chi connectivity index (χ1n) is 6.33. The molecule has 2 aromatic heterocycles. The molecule has 0 aliphatic carbocycles. The number of nitrogens with two attached hydrogens (primary N) is 1. The second kappa shape index (κ2) is 6.44. The van der Waals surface area contributed by atoms with E-state index in [9.17, 15) is 0 Å². The SMILES string of the molecule is NC(Cc1csc(-c2cc(Br)c(Br)o2)n1)c1ccccc1. The fourth-order valence-corrected chi connectivity index (χ4v) is 3.37. The van der Waals surface area contributed by atoms with E-state index in [-0.39, 0.29) is 6.04 Å². The lowest BCUT2D eigenvalue weighted by Gasteiger charge is -2.09. The number of halogens is 2. The third kappa shape index (κ3) is 3.45. The van der Waals surface area contributed by atoms with Gasteiger partial charge in [-0.05, 0) is 37.4 Å². The molecule has 1 atom stereocenters. The van der Waals surface area contributed by atoms with Crippen LogP contribution in [-0.2, 0) is 6.42 Å². The zero-order valence-electron chi connectivity index (χ0n) is 10.9. The number of thiazole rings is 1. The summed E-state index contributed by atoms with van der Waals surface area (Å²) in [5.41, 5.74) is 8.33. The fourth-order valence-electron chi connectivity index (χ4n) is 2.01. The van der Waals surface area contributed by atoms with Crippen LogP contribution in [0.3, 0.4) is 0 Å². The Morgan fingerprint density at radius 3 is 2.67 bits per heavy atom. The predicted octanol–water partition coefficient (Wildman–Crippen LogP) is 5.17. The van der Waals surface area contributed by atoms with Gasteiger partial charge in [-0.2, -0.15) is 0 Å². The summed E-state index contributed by atoms with van der Waals surface area (Å²) in [6, 6.07) is 11.9. The monoisotopic (exact) mass is 426 g/mol. The minimum atomic E-state index is -0.0452. The van der Waals surface area contributed by atoms with Gasteiger partial charge < -0.3 is 10.2 Å². The summed E-state index contributed by atoms with van der Waals surface area (Å²) in [5.74, 6) is 0.748. The maximum absolute atomic E-state index is 6.23. The number of hydrogen-bond acceptors (Lipinski definition) is 4. The molecular formula is C15H12Br2N2OS. The van der Waals surface area contributed by atoms with E-state index in [1.54, 1.807) is 11.3 Å². The van der Waals surface area contributed by atoms with Crippen molar-refractivity contribution in [1.82, 2.24) is 4.98 Å². The van der Waals surface area contributed by atoms with Gasteiger partial charge in [0.05, 0.1) is 10.2 Å². The Labute approximate surface area is 143 Å². The fraction of sp³-hybridized carbons (Fsp3) is 0.133. The Balaban J connectivity index is 1.76. The molecule has 2 N–H and O–H groups in total. The third-order valence-corrected chi connectivity index (χ3v) is 5.68. The molecule has 3 aromatic rings. The summed E-state index contributed by atoms with van der Waals surface area (Å²) >= 11 is 8.30. The van der Waals surface area contributed by atoms with Crippen molar-refractivity contribution in [3.05, 3.63) is 62.2 Å². The highest BCUT2D eigenvalue weighted by molar-refractivity contribution is 9.13. The Morgan fingerprint density at radius 1 is 1.24 bits per heavy atom. The number of rotatable bonds is 4. The van der Waals surface area contributed by atoms with Crippen LogP contribution in [-0.4, -0.2) is 4.98 Å². The van der Waals surface area contributed by atoms with Crippen molar-refractivity contribution < 1.29 is 4.42 Å². The first-order chi connectivity index (χ1) is 10.1. The summed E-state index contributed by atoms with van der Waals surface area (Å²) in [6.07, 6.45) is 0.712. The van der Waals surface area contributed by atoms with Gasteiger partial charge in [0.25, 0.3) is 0 Å².